The van der Waals surface area contributed by atoms with Crippen molar-refractivity contribution in [2.45, 2.75) is 0 Å². The quantitative estimate of drug-likeness (QED) is 0.588. The summed E-state index contributed by atoms with van der Waals surface area (Å²) < 4.78 is 5.34. The van der Waals surface area contributed by atoms with Crippen molar-refractivity contribution in [3.05, 3.63) is 60.9 Å². The molecule has 1 N–H and O–H groups in total. The number of ether oxygens (including phenoxy) is 1. The SMILES string of the molecule is COc1ccc2[nH]cc(-c3nccc4ccccc34)c2c1. The molecule has 21 heavy (non-hydrogen) atoms. The lowest BCUT2D eigenvalue weighted by molar-refractivity contribution is 0.415. The summed E-state index contributed by atoms with van der Waals surface area (Å²) in [6.07, 6.45) is 3.87. The van der Waals surface area contributed by atoms with Crippen LogP contribution in [0, 0.1) is 0 Å². The Morgan fingerprint density at radius 3 is 2.81 bits per heavy atom. The third-order valence-electron chi connectivity index (χ3n) is 3.82. The Morgan fingerprint density at radius 1 is 1.00 bits per heavy atom. The number of nitrogens with zero attached hydrogens (tertiary/aromatic N) is 1. The van der Waals surface area contributed by atoms with Crippen LogP contribution in [0.3, 0.4) is 0 Å². The summed E-state index contributed by atoms with van der Waals surface area (Å²) in [4.78, 5) is 7.90. The van der Waals surface area contributed by atoms with Crippen LogP contribution in [0.5, 0.6) is 5.75 Å². The van der Waals surface area contributed by atoms with Gasteiger partial charge in [0.1, 0.15) is 5.75 Å². The number of nitrogens with one attached hydrogen (secondary N) is 1. The molecule has 0 aliphatic heterocycles. The van der Waals surface area contributed by atoms with Gasteiger partial charge in [0.15, 0.2) is 0 Å². The molecule has 0 bridgehead atoms. The summed E-state index contributed by atoms with van der Waals surface area (Å²) in [6.45, 7) is 0. The van der Waals surface area contributed by atoms with Gasteiger partial charge in [0.05, 0.1) is 12.8 Å². The molecule has 4 rings (SSSR count). The average molecular weight is 274 g/mol. The fourth-order valence-corrected chi connectivity index (χ4v) is 2.76. The molecule has 0 atom stereocenters. The van der Waals surface area contributed by atoms with Crippen LogP contribution >= 0.6 is 0 Å². The topological polar surface area (TPSA) is 37.9 Å². The van der Waals surface area contributed by atoms with E-state index in [1.165, 1.54) is 5.39 Å². The summed E-state index contributed by atoms with van der Waals surface area (Å²) in [6, 6.07) is 16.4. The summed E-state index contributed by atoms with van der Waals surface area (Å²) in [7, 11) is 1.68. The Kier molecular flexibility index (Phi) is 2.64. The summed E-state index contributed by atoms with van der Waals surface area (Å²) in [5.41, 5.74) is 3.17. The van der Waals surface area contributed by atoms with Gasteiger partial charge in [-0.1, -0.05) is 24.3 Å². The fourth-order valence-electron chi connectivity index (χ4n) is 2.76. The molecule has 0 saturated heterocycles. The van der Waals surface area contributed by atoms with E-state index in [1.807, 2.05) is 48.8 Å². The largest absolute Gasteiger partial charge is 0.497 e. The van der Waals surface area contributed by atoms with Crippen molar-refractivity contribution in [2.24, 2.45) is 0 Å². The molecule has 0 aliphatic rings. The molecule has 2 aromatic heterocycles. The van der Waals surface area contributed by atoms with Gasteiger partial charge >= 0.3 is 0 Å². The van der Waals surface area contributed by atoms with Gasteiger partial charge in [-0.2, -0.15) is 0 Å². The van der Waals surface area contributed by atoms with E-state index in [0.717, 1.165) is 33.3 Å². The van der Waals surface area contributed by atoms with E-state index >= 15 is 0 Å². The van der Waals surface area contributed by atoms with Crippen molar-refractivity contribution in [1.82, 2.24) is 9.97 Å². The Morgan fingerprint density at radius 2 is 1.90 bits per heavy atom. The van der Waals surface area contributed by atoms with Crippen LogP contribution in [0.2, 0.25) is 0 Å². The summed E-state index contributed by atoms with van der Waals surface area (Å²) in [5, 5.41) is 3.47. The first-order chi connectivity index (χ1) is 10.4. The monoisotopic (exact) mass is 274 g/mol. The van der Waals surface area contributed by atoms with Gasteiger partial charge in [0, 0.05) is 34.2 Å². The zero-order valence-electron chi connectivity index (χ0n) is 11.6. The standard InChI is InChI=1S/C18H14N2O/c1-21-13-6-7-17-15(10-13)16(11-20-17)18-14-5-3-2-4-12(14)8-9-19-18/h2-11,20H,1H3. The number of H-pyrrole nitrogens is 1. The minimum atomic E-state index is 0.851. The van der Waals surface area contributed by atoms with Crippen molar-refractivity contribution in [3.8, 4) is 17.0 Å². The maximum Gasteiger partial charge on any atom is 0.119 e. The van der Waals surface area contributed by atoms with Gasteiger partial charge in [0.2, 0.25) is 0 Å². The van der Waals surface area contributed by atoms with Crippen LogP contribution in [-0.2, 0) is 0 Å². The normalized spacial score (nSPS) is 11.1. The molecule has 0 radical (unpaired) electrons. The fraction of sp³-hybridized carbons (Fsp3) is 0.0556. The van der Waals surface area contributed by atoms with E-state index in [-0.39, 0.29) is 0 Å². The first kappa shape index (κ1) is 12.0. The highest BCUT2D eigenvalue weighted by Gasteiger charge is 2.11. The number of aromatic amines is 1. The molecule has 102 valence electrons. The second-order valence-electron chi connectivity index (χ2n) is 4.99. The molecule has 3 heteroatoms. The van der Waals surface area contributed by atoms with Gasteiger partial charge in [-0.3, -0.25) is 4.98 Å². The Balaban J connectivity index is 2.04. The lowest BCUT2D eigenvalue weighted by Crippen LogP contribution is -1.85. The molecule has 0 unspecified atom stereocenters. The number of fused-ring (bicyclic) bond motifs is 2. The van der Waals surface area contributed by atoms with Crippen molar-refractivity contribution in [3.63, 3.8) is 0 Å². The number of rotatable bonds is 2. The predicted octanol–water partition coefficient (Wildman–Crippen LogP) is 4.39. The molecule has 2 heterocycles. The van der Waals surface area contributed by atoms with E-state index in [4.69, 9.17) is 4.74 Å². The highest BCUT2D eigenvalue weighted by Crippen LogP contribution is 2.33. The molecule has 2 aromatic carbocycles. The highest BCUT2D eigenvalue weighted by molar-refractivity contribution is 6.03. The minimum Gasteiger partial charge on any atom is -0.497 e. The number of hydrogen-bond acceptors (Lipinski definition) is 2. The zero-order chi connectivity index (χ0) is 14.2. The summed E-state index contributed by atoms with van der Waals surface area (Å²) >= 11 is 0. The lowest BCUT2D eigenvalue weighted by Gasteiger charge is -2.05. The molecule has 0 spiro atoms. The third kappa shape index (κ3) is 1.86. The van der Waals surface area contributed by atoms with Crippen LogP contribution in [0.1, 0.15) is 0 Å². The molecule has 0 amide bonds. The van der Waals surface area contributed by atoms with Gasteiger partial charge in [-0.05, 0) is 29.7 Å². The maximum absolute atomic E-state index is 5.34. The van der Waals surface area contributed by atoms with E-state index in [0.29, 0.717) is 0 Å². The molecule has 4 aromatic rings. The molecule has 0 saturated carbocycles. The second kappa shape index (κ2) is 4.63. The Hall–Kier alpha value is -2.81. The second-order valence-corrected chi connectivity index (χ2v) is 4.99. The van der Waals surface area contributed by atoms with Crippen LogP contribution in [0.15, 0.2) is 60.9 Å². The first-order valence-corrected chi connectivity index (χ1v) is 6.86. The number of hydrogen-bond donors (Lipinski definition) is 1. The lowest BCUT2D eigenvalue weighted by atomic mass is 10.0. The van der Waals surface area contributed by atoms with E-state index in [1.54, 1.807) is 7.11 Å². The van der Waals surface area contributed by atoms with Crippen LogP contribution in [0.25, 0.3) is 32.9 Å². The van der Waals surface area contributed by atoms with Crippen LogP contribution in [0.4, 0.5) is 0 Å². The number of pyridine rings is 1. The third-order valence-corrected chi connectivity index (χ3v) is 3.82. The Bertz CT molecular complexity index is 935. The van der Waals surface area contributed by atoms with E-state index in [9.17, 15) is 0 Å². The average Bonchev–Trinajstić information content (AvgIpc) is 2.97. The van der Waals surface area contributed by atoms with Crippen LogP contribution in [-0.4, -0.2) is 17.1 Å². The molecule has 3 nitrogen and oxygen atoms in total. The number of aromatic nitrogens is 2. The number of benzene rings is 2. The van der Waals surface area contributed by atoms with E-state index < -0.39 is 0 Å². The zero-order valence-corrected chi connectivity index (χ0v) is 11.6. The first-order valence-electron chi connectivity index (χ1n) is 6.86. The van der Waals surface area contributed by atoms with Crippen LogP contribution < -0.4 is 4.74 Å². The van der Waals surface area contributed by atoms with Crippen molar-refractivity contribution < 1.29 is 4.74 Å². The number of methoxy groups -OCH3 is 1. The smallest absolute Gasteiger partial charge is 0.119 e. The Labute approximate surface area is 122 Å². The molecular weight excluding hydrogens is 260 g/mol. The van der Waals surface area contributed by atoms with Gasteiger partial charge in [-0.25, -0.2) is 0 Å². The van der Waals surface area contributed by atoms with Gasteiger partial charge in [-0.15, -0.1) is 0 Å². The maximum atomic E-state index is 5.34. The van der Waals surface area contributed by atoms with Crippen molar-refractivity contribution >= 4 is 21.7 Å². The predicted molar refractivity (Wildman–Crippen MR) is 85.6 cm³/mol. The molecule has 0 aliphatic carbocycles. The van der Waals surface area contributed by atoms with Crippen molar-refractivity contribution in [2.75, 3.05) is 7.11 Å². The highest BCUT2D eigenvalue weighted by atomic mass is 16.5. The van der Waals surface area contributed by atoms with Gasteiger partial charge < -0.3 is 9.72 Å². The van der Waals surface area contributed by atoms with E-state index in [2.05, 4.69) is 22.1 Å². The van der Waals surface area contributed by atoms with Gasteiger partial charge in [0.25, 0.3) is 0 Å². The summed E-state index contributed by atoms with van der Waals surface area (Å²) in [5.74, 6) is 0.851. The minimum absolute atomic E-state index is 0.851. The molecular formula is C18H14N2O. The van der Waals surface area contributed by atoms with Crippen molar-refractivity contribution in [1.29, 1.82) is 0 Å². The molecule has 0 fully saturated rings.